The number of likely N-dealkylation sites (tertiary alicyclic amines) is 1. The van der Waals surface area contributed by atoms with Crippen molar-refractivity contribution < 1.29 is 28.8 Å². The molecule has 5 atom stereocenters. The minimum absolute atomic E-state index is 0.00282. The molecule has 2 saturated carbocycles. The van der Waals surface area contributed by atoms with Crippen molar-refractivity contribution in [2.24, 2.45) is 28.6 Å². The van der Waals surface area contributed by atoms with E-state index >= 15 is 0 Å². The van der Waals surface area contributed by atoms with Crippen molar-refractivity contribution in [1.82, 2.24) is 31.2 Å². The topological polar surface area (TPSA) is 167 Å². The number of rotatable bonds is 15. The second kappa shape index (κ2) is 17.0. The molecule has 4 N–H and O–H groups in total. The van der Waals surface area contributed by atoms with E-state index in [0.29, 0.717) is 24.9 Å². The van der Waals surface area contributed by atoms with Gasteiger partial charge in [-0.3, -0.25) is 33.8 Å². The molecule has 0 aromatic carbocycles. The first-order valence-electron chi connectivity index (χ1n) is 18.6. The van der Waals surface area contributed by atoms with E-state index in [9.17, 15) is 28.8 Å². The predicted molar refractivity (Wildman–Crippen MR) is 194 cm³/mol. The van der Waals surface area contributed by atoms with Gasteiger partial charge in [-0.2, -0.15) is 0 Å². The summed E-state index contributed by atoms with van der Waals surface area (Å²) in [6, 6.07) is -0.644. The van der Waals surface area contributed by atoms with Crippen molar-refractivity contribution in [1.29, 1.82) is 0 Å². The van der Waals surface area contributed by atoms with Crippen molar-refractivity contribution in [2.45, 2.75) is 123 Å². The van der Waals surface area contributed by atoms with Gasteiger partial charge in [-0.05, 0) is 66.4 Å². The van der Waals surface area contributed by atoms with Gasteiger partial charge in [-0.15, -0.1) is 6.58 Å². The van der Waals surface area contributed by atoms with E-state index in [1.807, 2.05) is 41.5 Å². The molecule has 4 rings (SSSR count). The number of pyridine rings is 1. The van der Waals surface area contributed by atoms with Crippen molar-refractivity contribution >= 4 is 35.3 Å². The van der Waals surface area contributed by atoms with E-state index < -0.39 is 70.3 Å². The Balaban J connectivity index is 1.59. The molecule has 3 aliphatic rings. The third-order valence-corrected chi connectivity index (χ3v) is 11.0. The molecule has 1 saturated heterocycles. The normalized spacial score (nSPS) is 21.9. The first kappa shape index (κ1) is 39.7. The minimum Gasteiger partial charge on any atom is -0.346 e. The summed E-state index contributed by atoms with van der Waals surface area (Å²) in [5, 5.41) is 11.4. The summed E-state index contributed by atoms with van der Waals surface area (Å²) >= 11 is 0. The van der Waals surface area contributed by atoms with Crippen LogP contribution in [0, 0.1) is 28.6 Å². The van der Waals surface area contributed by atoms with Crippen LogP contribution in [0.3, 0.4) is 0 Å². The summed E-state index contributed by atoms with van der Waals surface area (Å²) in [6.07, 6.45) is 11.5. The summed E-state index contributed by atoms with van der Waals surface area (Å²) in [5.41, 5.74) is -0.908. The largest absolute Gasteiger partial charge is 0.346 e. The monoisotopic (exact) mass is 706 g/mol. The van der Waals surface area contributed by atoms with Crippen LogP contribution in [0.1, 0.15) is 110 Å². The van der Waals surface area contributed by atoms with Crippen LogP contribution in [0.5, 0.6) is 0 Å². The summed E-state index contributed by atoms with van der Waals surface area (Å²) in [4.78, 5) is 87.8. The summed E-state index contributed by atoms with van der Waals surface area (Å²) in [6.45, 7) is 15.7. The fourth-order valence-electron chi connectivity index (χ4n) is 7.40. The fourth-order valence-corrected chi connectivity index (χ4v) is 7.40. The van der Waals surface area contributed by atoms with Gasteiger partial charge < -0.3 is 26.2 Å². The number of hydrogen-bond donors (Lipinski definition) is 4. The highest BCUT2D eigenvalue weighted by atomic mass is 16.2. The molecule has 1 aromatic heterocycles. The number of carbonyl (C=O) groups excluding carboxylic acids is 6. The predicted octanol–water partition coefficient (Wildman–Crippen LogP) is 3.71. The molecule has 280 valence electrons. The molecule has 1 unspecified atom stereocenters. The van der Waals surface area contributed by atoms with Crippen LogP contribution in [-0.2, 0) is 24.0 Å². The highest BCUT2D eigenvalue weighted by Crippen LogP contribution is 2.40. The number of ketones is 1. The molecular weight excluding hydrogens is 648 g/mol. The maximum Gasteiger partial charge on any atom is 0.289 e. The van der Waals surface area contributed by atoms with Crippen LogP contribution < -0.4 is 21.3 Å². The zero-order chi connectivity index (χ0) is 37.5. The molecular formula is C39H58N6O6. The maximum atomic E-state index is 14.7. The maximum absolute atomic E-state index is 14.7. The van der Waals surface area contributed by atoms with Crippen LogP contribution in [0.4, 0.5) is 0 Å². The van der Waals surface area contributed by atoms with Gasteiger partial charge in [0, 0.05) is 31.0 Å². The van der Waals surface area contributed by atoms with Crippen molar-refractivity contribution in [2.75, 3.05) is 13.1 Å². The van der Waals surface area contributed by atoms with Gasteiger partial charge in [0.2, 0.25) is 23.5 Å². The Bertz CT molecular complexity index is 1450. The lowest BCUT2D eigenvalue weighted by Gasteiger charge is -2.42. The Labute approximate surface area is 302 Å². The lowest BCUT2D eigenvalue weighted by molar-refractivity contribution is -0.145. The van der Waals surface area contributed by atoms with Crippen LogP contribution in [0.2, 0.25) is 0 Å². The molecule has 12 heteroatoms. The Morgan fingerprint density at radius 1 is 1.00 bits per heavy atom. The SMILES string of the molecule is C=CCNC(=O)C(=O)C(CC1CC1)NC(=O)[C@@H]1C[C@@H](C(C)C)CN1C(=O)[C@@H](NC(=O)[C@@H](NC(=O)c1ccncc1)C1(C)CCCCC1)C(C)(C)C. The van der Waals surface area contributed by atoms with Crippen LogP contribution in [-0.4, -0.2) is 82.5 Å². The number of aromatic nitrogens is 1. The van der Waals surface area contributed by atoms with Crippen molar-refractivity contribution in [3.63, 3.8) is 0 Å². The fraction of sp³-hybridized carbons (Fsp3) is 0.667. The molecule has 51 heavy (non-hydrogen) atoms. The van der Waals surface area contributed by atoms with Gasteiger partial charge in [-0.25, -0.2) is 0 Å². The number of nitrogens with one attached hydrogen (secondary N) is 4. The summed E-state index contributed by atoms with van der Waals surface area (Å²) in [5.74, 6) is -2.83. The standard InChI is InChI=1S/C39H58N6O6/c1-8-18-41-35(49)30(46)28(21-25-12-13-25)42-34(48)29-22-27(24(2)3)23-45(29)37(51)32(38(4,5)6)44-36(50)31(39(7)16-10-9-11-17-39)43-33(47)26-14-19-40-20-15-26/h8,14-15,19-20,24-25,27-29,31-32H,1,9-13,16-18,21-23H2,2-7H3,(H,41,49)(H,42,48)(H,43,47)(H,44,50)/t27-,28?,29+,31-,32-/m1/s1. The van der Waals surface area contributed by atoms with Gasteiger partial charge in [0.15, 0.2) is 0 Å². The van der Waals surface area contributed by atoms with Crippen molar-refractivity contribution in [3.8, 4) is 0 Å². The van der Waals surface area contributed by atoms with E-state index in [2.05, 4.69) is 32.8 Å². The zero-order valence-corrected chi connectivity index (χ0v) is 31.3. The molecule has 0 spiro atoms. The van der Waals surface area contributed by atoms with Crippen LogP contribution >= 0.6 is 0 Å². The first-order chi connectivity index (χ1) is 24.1. The smallest absolute Gasteiger partial charge is 0.289 e. The Hall–Kier alpha value is -4.09. The van der Waals surface area contributed by atoms with Gasteiger partial charge in [-0.1, -0.05) is 79.7 Å². The molecule has 1 aliphatic heterocycles. The molecule has 5 amide bonds. The van der Waals surface area contributed by atoms with E-state index in [-0.39, 0.29) is 24.3 Å². The molecule has 2 heterocycles. The van der Waals surface area contributed by atoms with Gasteiger partial charge in [0.25, 0.3) is 11.8 Å². The third-order valence-electron chi connectivity index (χ3n) is 11.0. The highest BCUT2D eigenvalue weighted by molar-refractivity contribution is 6.38. The highest BCUT2D eigenvalue weighted by Gasteiger charge is 2.48. The molecule has 0 radical (unpaired) electrons. The average Bonchev–Trinajstić information content (AvgIpc) is 3.80. The molecule has 0 bridgehead atoms. The molecule has 12 nitrogen and oxygen atoms in total. The third kappa shape index (κ3) is 10.3. The van der Waals surface area contributed by atoms with Crippen LogP contribution in [0.15, 0.2) is 37.2 Å². The molecule has 1 aromatic rings. The Kier molecular flexibility index (Phi) is 13.2. The van der Waals surface area contributed by atoms with E-state index in [0.717, 1.165) is 44.9 Å². The van der Waals surface area contributed by atoms with Crippen molar-refractivity contribution in [3.05, 3.63) is 42.7 Å². The number of amides is 5. The quantitative estimate of drug-likeness (QED) is 0.159. The van der Waals surface area contributed by atoms with Gasteiger partial charge in [0.1, 0.15) is 18.1 Å². The van der Waals surface area contributed by atoms with Crippen LogP contribution in [0.25, 0.3) is 0 Å². The molecule has 2 aliphatic carbocycles. The summed E-state index contributed by atoms with van der Waals surface area (Å²) < 4.78 is 0. The van der Waals surface area contributed by atoms with Gasteiger partial charge in [0.05, 0.1) is 6.04 Å². The Morgan fingerprint density at radius 2 is 1.65 bits per heavy atom. The number of Topliss-reactive ketones (excluding diaryl/α,β-unsaturated/α-hetero) is 1. The second-order valence-corrected chi connectivity index (χ2v) is 16.5. The minimum atomic E-state index is -1.02. The number of hydrogen-bond acceptors (Lipinski definition) is 7. The molecule has 3 fully saturated rings. The summed E-state index contributed by atoms with van der Waals surface area (Å²) in [7, 11) is 0. The lowest BCUT2D eigenvalue weighted by atomic mass is 9.70. The average molecular weight is 707 g/mol. The first-order valence-corrected chi connectivity index (χ1v) is 18.6. The van der Waals surface area contributed by atoms with E-state index in [1.54, 1.807) is 17.0 Å². The van der Waals surface area contributed by atoms with E-state index in [1.165, 1.54) is 18.5 Å². The van der Waals surface area contributed by atoms with Gasteiger partial charge >= 0.3 is 0 Å². The lowest BCUT2D eigenvalue weighted by Crippen LogP contribution is -2.63. The zero-order valence-electron chi connectivity index (χ0n) is 31.3. The number of carbonyl (C=O) groups is 6. The van der Waals surface area contributed by atoms with E-state index in [4.69, 9.17) is 0 Å². The number of nitrogens with zero attached hydrogens (tertiary/aromatic N) is 2. The Morgan fingerprint density at radius 3 is 2.22 bits per heavy atom. The second-order valence-electron chi connectivity index (χ2n) is 16.5.